The minimum atomic E-state index is 0.278. The second-order valence-corrected chi connectivity index (χ2v) is 5.82. The lowest BCUT2D eigenvalue weighted by Gasteiger charge is -1.88. The first-order chi connectivity index (χ1) is 9.67. The number of rotatable bonds is 3. The van der Waals surface area contributed by atoms with Gasteiger partial charge in [-0.15, -0.1) is 11.3 Å². The van der Waals surface area contributed by atoms with Gasteiger partial charge in [-0.1, -0.05) is 10.3 Å². The highest BCUT2D eigenvalue weighted by molar-refractivity contribution is 9.10. The third kappa shape index (κ3) is 2.37. The van der Waals surface area contributed by atoms with Crippen molar-refractivity contribution >= 4 is 27.3 Å². The predicted octanol–water partition coefficient (Wildman–Crippen LogP) is 3.32. The highest BCUT2D eigenvalue weighted by atomic mass is 79.9. The summed E-state index contributed by atoms with van der Waals surface area (Å²) in [4.78, 5) is 5.20. The van der Waals surface area contributed by atoms with Gasteiger partial charge in [0.1, 0.15) is 17.3 Å². The SMILES string of the molecule is Cc1onc(Cc2nc(-c3cc(Br)cs3)no2)c1C#N. The summed E-state index contributed by atoms with van der Waals surface area (Å²) in [5.74, 6) is 1.41. The summed E-state index contributed by atoms with van der Waals surface area (Å²) in [6, 6.07) is 3.97. The van der Waals surface area contributed by atoms with E-state index in [1.165, 1.54) is 11.3 Å². The van der Waals surface area contributed by atoms with Crippen LogP contribution in [-0.2, 0) is 6.42 Å². The third-order valence-corrected chi connectivity index (χ3v) is 4.31. The van der Waals surface area contributed by atoms with Gasteiger partial charge in [-0.25, -0.2) is 0 Å². The average molecular weight is 351 g/mol. The fourth-order valence-corrected chi connectivity index (χ4v) is 3.03. The van der Waals surface area contributed by atoms with Crippen LogP contribution in [0.15, 0.2) is 25.0 Å². The molecule has 0 spiro atoms. The predicted molar refractivity (Wildman–Crippen MR) is 74.1 cm³/mol. The molecule has 0 N–H and O–H groups in total. The third-order valence-electron chi connectivity index (χ3n) is 2.62. The zero-order valence-corrected chi connectivity index (χ0v) is 12.7. The summed E-state index contributed by atoms with van der Waals surface area (Å²) in [6.07, 6.45) is 0.278. The Balaban J connectivity index is 1.86. The lowest BCUT2D eigenvalue weighted by Crippen LogP contribution is -1.92. The minimum Gasteiger partial charge on any atom is -0.360 e. The molecule has 0 aliphatic rings. The van der Waals surface area contributed by atoms with E-state index < -0.39 is 0 Å². The zero-order valence-electron chi connectivity index (χ0n) is 10.3. The normalized spacial score (nSPS) is 10.7. The van der Waals surface area contributed by atoms with Crippen molar-refractivity contribution in [2.24, 2.45) is 0 Å². The molecule has 0 atom stereocenters. The Kier molecular flexibility index (Phi) is 3.38. The van der Waals surface area contributed by atoms with Crippen LogP contribution in [0, 0.1) is 18.3 Å². The lowest BCUT2D eigenvalue weighted by atomic mass is 10.2. The summed E-state index contributed by atoms with van der Waals surface area (Å²) in [7, 11) is 0. The zero-order chi connectivity index (χ0) is 14.1. The van der Waals surface area contributed by atoms with Crippen LogP contribution < -0.4 is 0 Å². The van der Waals surface area contributed by atoms with Gasteiger partial charge in [0.15, 0.2) is 5.76 Å². The summed E-state index contributed by atoms with van der Waals surface area (Å²) in [5, 5.41) is 18.7. The fourth-order valence-electron chi connectivity index (χ4n) is 1.68. The van der Waals surface area contributed by atoms with Crippen LogP contribution in [0.25, 0.3) is 10.7 Å². The van der Waals surface area contributed by atoms with Crippen LogP contribution in [0.5, 0.6) is 0 Å². The number of halogens is 1. The van der Waals surface area contributed by atoms with Gasteiger partial charge >= 0.3 is 0 Å². The second kappa shape index (κ2) is 5.19. The molecule has 3 aromatic heterocycles. The molecule has 0 fully saturated rings. The number of nitrogens with zero attached hydrogens (tertiary/aromatic N) is 4. The quantitative estimate of drug-likeness (QED) is 0.719. The highest BCUT2D eigenvalue weighted by Gasteiger charge is 2.17. The molecule has 0 unspecified atom stereocenters. The number of thiophene rings is 1. The molecule has 20 heavy (non-hydrogen) atoms. The average Bonchev–Trinajstić information content (AvgIpc) is 3.11. The van der Waals surface area contributed by atoms with E-state index in [1.807, 2.05) is 11.4 Å². The van der Waals surface area contributed by atoms with E-state index in [1.54, 1.807) is 6.92 Å². The molecule has 0 aliphatic heterocycles. The summed E-state index contributed by atoms with van der Waals surface area (Å²) in [5.41, 5.74) is 0.927. The number of hydrogen-bond acceptors (Lipinski definition) is 7. The van der Waals surface area contributed by atoms with Crippen molar-refractivity contribution < 1.29 is 9.05 Å². The number of aromatic nitrogens is 3. The Morgan fingerprint density at radius 2 is 2.25 bits per heavy atom. The van der Waals surface area contributed by atoms with E-state index in [0.29, 0.717) is 28.7 Å². The van der Waals surface area contributed by atoms with Crippen molar-refractivity contribution in [2.75, 3.05) is 0 Å². The second-order valence-electron chi connectivity index (χ2n) is 3.99. The van der Waals surface area contributed by atoms with E-state index in [-0.39, 0.29) is 6.42 Å². The maximum atomic E-state index is 9.03. The Morgan fingerprint density at radius 3 is 2.95 bits per heavy atom. The van der Waals surface area contributed by atoms with Gasteiger partial charge in [0.05, 0.1) is 11.3 Å². The maximum Gasteiger partial charge on any atom is 0.233 e. The van der Waals surface area contributed by atoms with Gasteiger partial charge in [-0.2, -0.15) is 10.2 Å². The van der Waals surface area contributed by atoms with Gasteiger partial charge in [0.2, 0.25) is 11.7 Å². The molecular weight excluding hydrogens is 344 g/mol. The molecule has 0 radical (unpaired) electrons. The molecule has 3 heterocycles. The molecule has 0 aliphatic carbocycles. The van der Waals surface area contributed by atoms with Crippen molar-refractivity contribution in [1.82, 2.24) is 15.3 Å². The van der Waals surface area contributed by atoms with Crippen molar-refractivity contribution in [3.05, 3.63) is 38.8 Å². The van der Waals surface area contributed by atoms with Gasteiger partial charge in [-0.3, -0.25) is 0 Å². The lowest BCUT2D eigenvalue weighted by molar-refractivity contribution is 0.371. The van der Waals surface area contributed by atoms with Crippen molar-refractivity contribution in [2.45, 2.75) is 13.3 Å². The van der Waals surface area contributed by atoms with Crippen LogP contribution in [0.2, 0.25) is 0 Å². The van der Waals surface area contributed by atoms with Crippen LogP contribution in [0.4, 0.5) is 0 Å². The molecule has 3 rings (SSSR count). The van der Waals surface area contributed by atoms with E-state index in [2.05, 4.69) is 37.3 Å². The monoisotopic (exact) mass is 350 g/mol. The standard InChI is InChI=1S/C12H7BrN4O2S/c1-6-8(4-14)9(16-18-6)3-11-15-12(17-19-11)10-2-7(13)5-20-10/h2,5H,3H2,1H3. The largest absolute Gasteiger partial charge is 0.360 e. The van der Waals surface area contributed by atoms with Crippen LogP contribution in [0.3, 0.4) is 0 Å². The number of aryl methyl sites for hydroxylation is 1. The van der Waals surface area contributed by atoms with Gasteiger partial charge in [0.25, 0.3) is 0 Å². The first-order valence-electron chi connectivity index (χ1n) is 5.59. The fraction of sp³-hybridized carbons (Fsp3) is 0.167. The molecular formula is C12H7BrN4O2S. The van der Waals surface area contributed by atoms with E-state index in [4.69, 9.17) is 14.3 Å². The number of nitriles is 1. The highest BCUT2D eigenvalue weighted by Crippen LogP contribution is 2.28. The maximum absolute atomic E-state index is 9.03. The first kappa shape index (κ1) is 13.0. The smallest absolute Gasteiger partial charge is 0.233 e. The van der Waals surface area contributed by atoms with Gasteiger partial charge in [-0.05, 0) is 28.9 Å². The molecule has 0 saturated heterocycles. The molecule has 100 valence electrons. The van der Waals surface area contributed by atoms with E-state index in [9.17, 15) is 0 Å². The van der Waals surface area contributed by atoms with E-state index in [0.717, 1.165) is 9.35 Å². The Hall–Kier alpha value is -1.98. The van der Waals surface area contributed by atoms with Gasteiger partial charge < -0.3 is 9.05 Å². The molecule has 0 amide bonds. The van der Waals surface area contributed by atoms with Crippen LogP contribution in [0.1, 0.15) is 22.9 Å². The van der Waals surface area contributed by atoms with Crippen LogP contribution in [-0.4, -0.2) is 15.3 Å². The Morgan fingerprint density at radius 1 is 1.40 bits per heavy atom. The van der Waals surface area contributed by atoms with Gasteiger partial charge in [0, 0.05) is 9.85 Å². The van der Waals surface area contributed by atoms with Crippen LogP contribution >= 0.6 is 27.3 Å². The minimum absolute atomic E-state index is 0.278. The molecule has 3 aromatic rings. The Labute approximate surface area is 126 Å². The molecule has 6 nitrogen and oxygen atoms in total. The molecule has 0 saturated carbocycles. The summed E-state index contributed by atoms with van der Waals surface area (Å²) < 4.78 is 11.1. The molecule has 0 aromatic carbocycles. The van der Waals surface area contributed by atoms with Crippen molar-refractivity contribution in [1.29, 1.82) is 5.26 Å². The molecule has 0 bridgehead atoms. The Bertz CT molecular complexity index is 799. The topological polar surface area (TPSA) is 88.7 Å². The summed E-state index contributed by atoms with van der Waals surface area (Å²) in [6.45, 7) is 1.69. The number of hydrogen-bond donors (Lipinski definition) is 0. The van der Waals surface area contributed by atoms with Crippen molar-refractivity contribution in [3.63, 3.8) is 0 Å². The molecule has 8 heteroatoms. The summed E-state index contributed by atoms with van der Waals surface area (Å²) >= 11 is 4.89. The van der Waals surface area contributed by atoms with E-state index >= 15 is 0 Å². The van der Waals surface area contributed by atoms with Crippen molar-refractivity contribution in [3.8, 4) is 16.8 Å². The first-order valence-corrected chi connectivity index (χ1v) is 7.27.